The van der Waals surface area contributed by atoms with E-state index in [-0.39, 0.29) is 24.8 Å². The van der Waals surface area contributed by atoms with Crippen LogP contribution < -0.4 is 19.5 Å². The molecule has 2 aliphatic heterocycles. The van der Waals surface area contributed by atoms with Crippen molar-refractivity contribution < 1.29 is 19.0 Å². The third kappa shape index (κ3) is 4.96. The Hall–Kier alpha value is -2.73. The van der Waals surface area contributed by atoms with Gasteiger partial charge in [0.25, 0.3) is 5.91 Å². The van der Waals surface area contributed by atoms with Crippen LogP contribution in [-0.2, 0) is 6.54 Å². The zero-order chi connectivity index (χ0) is 21.0. The van der Waals surface area contributed by atoms with Crippen molar-refractivity contribution in [3.63, 3.8) is 0 Å². The number of rotatable bonds is 6. The van der Waals surface area contributed by atoms with Crippen LogP contribution in [0.4, 0.5) is 0 Å². The first kappa shape index (κ1) is 20.2. The lowest BCUT2D eigenvalue weighted by molar-refractivity contribution is 0.0893. The van der Waals surface area contributed by atoms with Gasteiger partial charge in [-0.1, -0.05) is 12.1 Å². The number of carbonyl (C=O) groups excluding carboxylic acids is 1. The Labute approximate surface area is 183 Å². The second kappa shape index (κ2) is 9.18. The van der Waals surface area contributed by atoms with Crippen molar-refractivity contribution in [3.05, 3.63) is 53.6 Å². The highest BCUT2D eigenvalue weighted by Crippen LogP contribution is 2.36. The van der Waals surface area contributed by atoms with Gasteiger partial charge in [0.1, 0.15) is 5.75 Å². The molecule has 6 heteroatoms. The van der Waals surface area contributed by atoms with Gasteiger partial charge in [-0.05, 0) is 81.4 Å². The number of carbonyl (C=O) groups is 1. The second-order valence-corrected chi connectivity index (χ2v) is 8.76. The van der Waals surface area contributed by atoms with E-state index in [1.165, 1.54) is 31.5 Å². The number of fused-ring (bicyclic) bond motifs is 1. The van der Waals surface area contributed by atoms with E-state index in [2.05, 4.69) is 22.3 Å². The lowest BCUT2D eigenvalue weighted by Crippen LogP contribution is -2.39. The molecule has 2 heterocycles. The third-order valence-corrected chi connectivity index (χ3v) is 6.48. The summed E-state index contributed by atoms with van der Waals surface area (Å²) in [6.45, 7) is 3.62. The average Bonchev–Trinajstić information content (AvgIpc) is 3.47. The molecule has 1 aliphatic carbocycles. The van der Waals surface area contributed by atoms with E-state index in [1.54, 1.807) is 0 Å². The van der Waals surface area contributed by atoms with Crippen LogP contribution in [0.3, 0.4) is 0 Å². The molecule has 164 valence electrons. The lowest BCUT2D eigenvalue weighted by Gasteiger charge is -2.29. The molecule has 3 aliphatic rings. The molecule has 0 aromatic heterocycles. The molecule has 1 saturated carbocycles. The van der Waals surface area contributed by atoms with E-state index >= 15 is 0 Å². The standard InChI is InChI=1S/C25H30N2O4/c28-25(19-5-3-18(4-6-19)16-27-13-1-2-14-27)26-20-7-9-21(10-8-20)31-22-11-12-23-24(15-22)30-17-29-23/h3-6,11-12,15,20-21H,1-2,7-10,13-14,16-17H2,(H,26,28). The Balaban J connectivity index is 1.08. The monoisotopic (exact) mass is 422 g/mol. The Bertz CT molecular complexity index is 900. The van der Waals surface area contributed by atoms with Crippen LogP contribution in [-0.4, -0.2) is 42.8 Å². The fourth-order valence-electron chi connectivity index (χ4n) is 4.70. The summed E-state index contributed by atoms with van der Waals surface area (Å²) in [5.41, 5.74) is 2.02. The van der Waals surface area contributed by atoms with Crippen molar-refractivity contribution in [2.24, 2.45) is 0 Å². The summed E-state index contributed by atoms with van der Waals surface area (Å²) in [4.78, 5) is 15.1. The number of nitrogens with zero attached hydrogens (tertiary/aromatic N) is 1. The number of nitrogens with one attached hydrogen (secondary N) is 1. The molecule has 0 spiro atoms. The minimum atomic E-state index is 0.0212. The highest BCUT2D eigenvalue weighted by Gasteiger charge is 2.25. The molecule has 2 aromatic carbocycles. The molecule has 0 unspecified atom stereocenters. The normalized spacial score (nSPS) is 23.0. The van der Waals surface area contributed by atoms with Crippen molar-refractivity contribution in [1.82, 2.24) is 10.2 Å². The van der Waals surface area contributed by atoms with E-state index in [0.29, 0.717) is 0 Å². The van der Waals surface area contributed by atoms with E-state index in [0.717, 1.165) is 55.0 Å². The molecule has 6 nitrogen and oxygen atoms in total. The molecule has 0 bridgehead atoms. The second-order valence-electron chi connectivity index (χ2n) is 8.76. The van der Waals surface area contributed by atoms with Crippen molar-refractivity contribution in [3.8, 4) is 17.2 Å². The molecule has 0 atom stereocenters. The minimum absolute atomic E-state index is 0.0212. The van der Waals surface area contributed by atoms with Gasteiger partial charge in [0.05, 0.1) is 6.10 Å². The van der Waals surface area contributed by atoms with Crippen LogP contribution in [0.25, 0.3) is 0 Å². The molecule has 1 saturated heterocycles. The summed E-state index contributed by atoms with van der Waals surface area (Å²) in [6.07, 6.45) is 6.46. The Morgan fingerprint density at radius 2 is 1.71 bits per heavy atom. The smallest absolute Gasteiger partial charge is 0.251 e. The van der Waals surface area contributed by atoms with Crippen molar-refractivity contribution in [2.45, 2.75) is 57.2 Å². The predicted octanol–water partition coefficient (Wildman–Crippen LogP) is 4.13. The molecule has 1 N–H and O–H groups in total. The van der Waals surface area contributed by atoms with Crippen molar-refractivity contribution in [1.29, 1.82) is 0 Å². The summed E-state index contributed by atoms with van der Waals surface area (Å²) in [6, 6.07) is 14.0. The highest BCUT2D eigenvalue weighted by molar-refractivity contribution is 5.94. The first-order valence-corrected chi connectivity index (χ1v) is 11.4. The maximum Gasteiger partial charge on any atom is 0.251 e. The van der Waals surface area contributed by atoms with Gasteiger partial charge >= 0.3 is 0 Å². The topological polar surface area (TPSA) is 60.0 Å². The third-order valence-electron chi connectivity index (χ3n) is 6.48. The van der Waals surface area contributed by atoms with E-state index in [1.807, 2.05) is 30.3 Å². The van der Waals surface area contributed by atoms with Crippen LogP contribution >= 0.6 is 0 Å². The Morgan fingerprint density at radius 1 is 0.968 bits per heavy atom. The largest absolute Gasteiger partial charge is 0.490 e. The van der Waals surface area contributed by atoms with Gasteiger partial charge in [0, 0.05) is 24.2 Å². The number of ether oxygens (including phenoxy) is 3. The van der Waals surface area contributed by atoms with Gasteiger partial charge in [-0.25, -0.2) is 0 Å². The quantitative estimate of drug-likeness (QED) is 0.759. The molecule has 31 heavy (non-hydrogen) atoms. The summed E-state index contributed by atoms with van der Waals surface area (Å²) >= 11 is 0. The molecule has 2 aromatic rings. The van der Waals surface area contributed by atoms with E-state index in [9.17, 15) is 4.79 Å². The zero-order valence-corrected chi connectivity index (χ0v) is 17.8. The van der Waals surface area contributed by atoms with Crippen molar-refractivity contribution in [2.75, 3.05) is 19.9 Å². The minimum Gasteiger partial charge on any atom is -0.490 e. The number of hydrogen-bond donors (Lipinski definition) is 1. The summed E-state index contributed by atoms with van der Waals surface area (Å²) in [5.74, 6) is 2.34. The first-order valence-electron chi connectivity index (χ1n) is 11.4. The number of benzene rings is 2. The number of amides is 1. The zero-order valence-electron chi connectivity index (χ0n) is 17.8. The maximum atomic E-state index is 12.7. The molecular weight excluding hydrogens is 392 g/mol. The average molecular weight is 423 g/mol. The van der Waals surface area contributed by atoms with Crippen LogP contribution in [0.1, 0.15) is 54.4 Å². The van der Waals surface area contributed by atoms with Crippen molar-refractivity contribution >= 4 is 5.91 Å². The van der Waals surface area contributed by atoms with Crippen LogP contribution in [0.2, 0.25) is 0 Å². The summed E-state index contributed by atoms with van der Waals surface area (Å²) in [7, 11) is 0. The van der Waals surface area contributed by atoms with Gasteiger partial charge in [0.2, 0.25) is 6.79 Å². The molecule has 1 amide bonds. The number of hydrogen-bond acceptors (Lipinski definition) is 5. The fraction of sp³-hybridized carbons (Fsp3) is 0.480. The number of likely N-dealkylation sites (tertiary alicyclic amines) is 1. The van der Waals surface area contributed by atoms with Gasteiger partial charge in [0.15, 0.2) is 11.5 Å². The Morgan fingerprint density at radius 3 is 2.48 bits per heavy atom. The summed E-state index contributed by atoms with van der Waals surface area (Å²) in [5, 5.41) is 3.20. The van der Waals surface area contributed by atoms with Gasteiger partial charge < -0.3 is 19.5 Å². The van der Waals surface area contributed by atoms with E-state index in [4.69, 9.17) is 14.2 Å². The highest BCUT2D eigenvalue weighted by atomic mass is 16.7. The van der Waals surface area contributed by atoms with Gasteiger partial charge in [-0.15, -0.1) is 0 Å². The molecular formula is C25H30N2O4. The van der Waals surface area contributed by atoms with Crippen LogP contribution in [0.5, 0.6) is 17.2 Å². The lowest BCUT2D eigenvalue weighted by atomic mass is 9.92. The Kier molecular flexibility index (Phi) is 5.98. The fourth-order valence-corrected chi connectivity index (χ4v) is 4.70. The SMILES string of the molecule is O=C(NC1CCC(Oc2ccc3c(c2)OCO3)CC1)c1ccc(CN2CCCC2)cc1. The first-order chi connectivity index (χ1) is 15.2. The van der Waals surface area contributed by atoms with Crippen LogP contribution in [0.15, 0.2) is 42.5 Å². The molecule has 0 radical (unpaired) electrons. The molecule has 5 rings (SSSR count). The molecule has 2 fully saturated rings. The maximum absolute atomic E-state index is 12.7. The van der Waals surface area contributed by atoms with Gasteiger partial charge in [-0.2, -0.15) is 0 Å². The van der Waals surface area contributed by atoms with E-state index < -0.39 is 0 Å². The van der Waals surface area contributed by atoms with Gasteiger partial charge in [-0.3, -0.25) is 9.69 Å². The summed E-state index contributed by atoms with van der Waals surface area (Å²) < 4.78 is 16.9. The predicted molar refractivity (Wildman–Crippen MR) is 118 cm³/mol. The van der Waals surface area contributed by atoms with Crippen LogP contribution in [0, 0.1) is 0 Å².